The van der Waals surface area contributed by atoms with E-state index < -0.39 is 70.8 Å². The molecule has 1 nitrogen and oxygen atoms in total. The van der Waals surface area contributed by atoms with Crippen molar-refractivity contribution in [2.45, 2.75) is 65.9 Å². The number of nitrogens with zero attached hydrogens (tertiary/aromatic N) is 1. The SMILES string of the molecule is FC(F)(F)C(F)(F)C(F)(F)C(F)(F)C(F)(F)C(F)(F)C(F)(F)[N+](F)(F)C(F)(F)C(F)(F)C(F)(F)C(F)(F)F. The zero-order valence-corrected chi connectivity index (χ0v) is 15.8. The number of rotatable bonds is 9. The molecule has 0 bridgehead atoms. The van der Waals surface area contributed by atoms with Gasteiger partial charge in [0.25, 0.3) is 0 Å². The van der Waals surface area contributed by atoms with Crippen molar-refractivity contribution in [3.8, 4) is 0 Å². The van der Waals surface area contributed by atoms with Gasteiger partial charge in [0.05, 0.1) is 8.96 Å². The van der Waals surface area contributed by atoms with Crippen LogP contribution in [0, 0.1) is 0 Å². The van der Waals surface area contributed by atoms with Gasteiger partial charge in [-0.25, -0.2) is 0 Å². The molecule has 0 aliphatic heterocycles. The zero-order chi connectivity index (χ0) is 32.0. The molecule has 230 valence electrons. The summed E-state index contributed by atoms with van der Waals surface area (Å²) in [5, 5.41) is 0. The van der Waals surface area contributed by atoms with E-state index >= 15 is 0 Å². The molecule has 27 heteroatoms. The number of hydrogen-bond acceptors (Lipinski definition) is 0. The lowest BCUT2D eigenvalue weighted by Gasteiger charge is -2.42. The molecule has 0 atom stereocenters. The van der Waals surface area contributed by atoms with Gasteiger partial charge >= 0.3 is 65.9 Å². The molecule has 0 saturated carbocycles. The molecule has 0 aliphatic rings. The van der Waals surface area contributed by atoms with Gasteiger partial charge in [0.1, 0.15) is 0 Å². The molecule has 0 fully saturated rings. The second kappa shape index (κ2) is 8.33. The molecule has 0 aromatic heterocycles. The van der Waals surface area contributed by atoms with E-state index in [0.29, 0.717) is 0 Å². The van der Waals surface area contributed by atoms with Gasteiger partial charge in [-0.15, -0.1) is 17.6 Å². The highest BCUT2D eigenvalue weighted by atomic mass is 19.5. The third kappa shape index (κ3) is 3.97. The highest BCUT2D eigenvalue weighted by Crippen LogP contribution is 2.66. The van der Waals surface area contributed by atoms with Gasteiger partial charge in [0.2, 0.25) is 0 Å². The summed E-state index contributed by atoms with van der Waals surface area (Å²) in [6.07, 6.45) is -16.4. The fourth-order valence-electron chi connectivity index (χ4n) is 1.85. The number of hydrogen-bond donors (Lipinski definition) is 0. The minimum atomic E-state index is -9.71. The standard InChI is InChI=1S/C11F26N/c12-1(13,2(14,15)4(18,19)8(26,27)28)3(16,17)6(22,23)10(32,33)38(36,37)11(34,35)7(24,25)5(20,21)9(29,30)31/q+1. The quantitative estimate of drug-likeness (QED) is 0.135. The van der Waals surface area contributed by atoms with Crippen molar-refractivity contribution in [2.24, 2.45) is 0 Å². The van der Waals surface area contributed by atoms with Gasteiger partial charge in [0.15, 0.2) is 4.93 Å². The second-order valence-corrected chi connectivity index (χ2v) is 6.61. The first kappa shape index (κ1) is 36.1. The molecule has 0 heterocycles. The summed E-state index contributed by atoms with van der Waals surface area (Å²) in [6.45, 7) is 0. The third-order valence-electron chi connectivity index (χ3n) is 4.14. The van der Waals surface area contributed by atoms with Crippen LogP contribution in [0.2, 0.25) is 0 Å². The average Bonchev–Trinajstić information content (AvgIpc) is 2.64. The minimum Gasteiger partial charge on any atom is -0.192 e. The first-order chi connectivity index (χ1) is 15.8. The lowest BCUT2D eigenvalue weighted by molar-refractivity contribution is -1.28. The van der Waals surface area contributed by atoms with Crippen LogP contribution in [0.4, 0.5) is 114 Å². The van der Waals surface area contributed by atoms with Gasteiger partial charge in [-0.2, -0.15) is 87.8 Å². The maximum Gasteiger partial charge on any atom is 0.541 e. The van der Waals surface area contributed by atoms with Crippen molar-refractivity contribution in [3.05, 3.63) is 0 Å². The van der Waals surface area contributed by atoms with Crippen LogP contribution < -0.4 is 0 Å². The molecule has 0 aromatic rings. The van der Waals surface area contributed by atoms with Crippen molar-refractivity contribution in [1.29, 1.82) is 0 Å². The molecule has 0 radical (unpaired) electrons. The fourth-order valence-corrected chi connectivity index (χ4v) is 1.85. The Hall–Kier alpha value is -1.86. The summed E-state index contributed by atoms with van der Waals surface area (Å²) in [7, 11) is 0. The van der Waals surface area contributed by atoms with Crippen molar-refractivity contribution in [2.75, 3.05) is 0 Å². The predicted molar refractivity (Wildman–Crippen MR) is 59.1 cm³/mol. The molecule has 38 heavy (non-hydrogen) atoms. The van der Waals surface area contributed by atoms with E-state index in [9.17, 15) is 114 Å². The molecule has 0 saturated heterocycles. The largest absolute Gasteiger partial charge is 0.541 e. The Kier molecular flexibility index (Phi) is 7.92. The monoisotopic (exact) mass is 640 g/mol. The van der Waals surface area contributed by atoms with Crippen LogP contribution in [0.3, 0.4) is 0 Å². The molecule has 0 rings (SSSR count). The Morgan fingerprint density at radius 2 is 0.395 bits per heavy atom. The summed E-state index contributed by atoms with van der Waals surface area (Å²) >= 11 is 0. The summed E-state index contributed by atoms with van der Waals surface area (Å²) in [6, 6.07) is -19.2. The van der Waals surface area contributed by atoms with Gasteiger partial charge in [-0.1, -0.05) is 0 Å². The molecule has 0 unspecified atom stereocenters. The first-order valence-electron chi connectivity index (χ1n) is 7.57. The van der Waals surface area contributed by atoms with Crippen LogP contribution in [0.25, 0.3) is 0 Å². The van der Waals surface area contributed by atoms with Crippen LogP contribution in [0.15, 0.2) is 0 Å². The lowest BCUT2D eigenvalue weighted by Crippen LogP contribution is -2.79. The van der Waals surface area contributed by atoms with Gasteiger partial charge in [-0.3, -0.25) is 0 Å². The number of halogens is 26. The van der Waals surface area contributed by atoms with E-state index in [1.165, 1.54) is 0 Å². The van der Waals surface area contributed by atoms with E-state index in [4.69, 9.17) is 0 Å². The summed E-state index contributed by atoms with van der Waals surface area (Å²) in [4.78, 5) is -8.67. The third-order valence-corrected chi connectivity index (χ3v) is 4.14. The summed E-state index contributed by atoms with van der Waals surface area (Å²) in [5.41, 5.74) is 0. The van der Waals surface area contributed by atoms with Gasteiger partial charge in [-0.05, 0) is 0 Å². The number of quaternary nitrogens is 1. The molecule has 0 aliphatic carbocycles. The highest BCUT2D eigenvalue weighted by Gasteiger charge is 3.03. The Bertz CT molecular complexity index is 797. The van der Waals surface area contributed by atoms with Gasteiger partial charge in [0, 0.05) is 0 Å². The van der Waals surface area contributed by atoms with Crippen LogP contribution in [0.5, 0.6) is 0 Å². The second-order valence-electron chi connectivity index (χ2n) is 6.61. The van der Waals surface area contributed by atoms with Crippen molar-refractivity contribution in [3.63, 3.8) is 0 Å². The van der Waals surface area contributed by atoms with E-state index in [1.54, 1.807) is 0 Å². The Labute approximate surface area is 187 Å². The normalized spacial score (nSPS) is 17.2. The predicted octanol–water partition coefficient (Wildman–Crippen LogP) is 8.33. The Morgan fingerprint density at radius 1 is 0.237 bits per heavy atom. The molecular weight excluding hydrogens is 640 g/mol. The van der Waals surface area contributed by atoms with Crippen LogP contribution >= 0.6 is 0 Å². The minimum absolute atomic E-state index is 8.19. The molecule has 0 N–H and O–H groups in total. The molecule has 0 aromatic carbocycles. The first-order valence-corrected chi connectivity index (χ1v) is 7.57. The van der Waals surface area contributed by atoms with Crippen LogP contribution in [-0.2, 0) is 0 Å². The van der Waals surface area contributed by atoms with E-state index in [1.807, 2.05) is 0 Å². The maximum absolute atomic E-state index is 13.3. The van der Waals surface area contributed by atoms with Crippen molar-refractivity contribution < 1.29 is 119 Å². The van der Waals surface area contributed by atoms with Gasteiger partial charge < -0.3 is 0 Å². The van der Waals surface area contributed by atoms with Crippen molar-refractivity contribution >= 4 is 0 Å². The van der Waals surface area contributed by atoms with E-state index in [-0.39, 0.29) is 0 Å². The number of alkyl halides is 24. The topological polar surface area (TPSA) is 0 Å². The maximum atomic E-state index is 13.3. The van der Waals surface area contributed by atoms with Crippen molar-refractivity contribution in [1.82, 2.24) is 0 Å². The average molecular weight is 640 g/mol. The smallest absolute Gasteiger partial charge is 0.192 e. The fraction of sp³-hybridized carbons (Fsp3) is 1.00. The molecular formula is C11F26N+. The van der Waals surface area contributed by atoms with E-state index in [2.05, 4.69) is 0 Å². The zero-order valence-electron chi connectivity index (χ0n) is 15.8. The van der Waals surface area contributed by atoms with Crippen LogP contribution in [-0.4, -0.2) is 70.8 Å². The van der Waals surface area contributed by atoms with Crippen LogP contribution in [0.1, 0.15) is 0 Å². The summed E-state index contributed by atoms with van der Waals surface area (Å²) in [5.74, 6) is -64.3. The lowest BCUT2D eigenvalue weighted by atomic mass is 9.92. The molecule has 0 spiro atoms. The summed E-state index contributed by atoms with van der Waals surface area (Å²) < 4.78 is 332. The highest BCUT2D eigenvalue weighted by molar-refractivity contribution is 5.12. The Balaban J connectivity index is 7.29. The Morgan fingerprint density at radius 3 is 0.632 bits per heavy atom. The molecule has 0 amide bonds. The van der Waals surface area contributed by atoms with E-state index in [0.717, 1.165) is 0 Å².